The molecule has 1 N–H and O–H groups in total. The second-order valence-corrected chi connectivity index (χ2v) is 9.45. The lowest BCUT2D eigenvalue weighted by Gasteiger charge is -2.14. The van der Waals surface area contributed by atoms with E-state index in [9.17, 15) is 14.3 Å². The molecule has 0 saturated heterocycles. The Kier molecular flexibility index (Phi) is 6.58. The predicted octanol–water partition coefficient (Wildman–Crippen LogP) is 7.01. The van der Waals surface area contributed by atoms with Crippen molar-refractivity contribution in [2.75, 3.05) is 7.11 Å². The summed E-state index contributed by atoms with van der Waals surface area (Å²) in [4.78, 5) is 11.2. The molecule has 3 aromatic carbocycles. The molecule has 0 bridgehead atoms. The van der Waals surface area contributed by atoms with E-state index in [0.29, 0.717) is 23.8 Å². The number of fused-ring (bicyclic) bond motifs is 1. The zero-order valence-electron chi connectivity index (χ0n) is 19.8. The van der Waals surface area contributed by atoms with E-state index in [1.165, 1.54) is 24.5 Å². The van der Waals surface area contributed by atoms with Crippen molar-refractivity contribution in [3.8, 4) is 22.6 Å². The van der Waals surface area contributed by atoms with Gasteiger partial charge < -0.3 is 14.6 Å². The normalized spacial score (nSPS) is 16.9. The molecule has 4 nitrogen and oxygen atoms in total. The van der Waals surface area contributed by atoms with Gasteiger partial charge in [0.05, 0.1) is 13.5 Å². The first-order valence-electron chi connectivity index (χ1n) is 12.1. The highest BCUT2D eigenvalue weighted by Crippen LogP contribution is 2.38. The van der Waals surface area contributed by atoms with Crippen LogP contribution in [0.15, 0.2) is 60.7 Å². The largest absolute Gasteiger partial charge is 0.497 e. The summed E-state index contributed by atoms with van der Waals surface area (Å²) in [5.41, 5.74) is 5.55. The Balaban J connectivity index is 1.38. The summed E-state index contributed by atoms with van der Waals surface area (Å²) < 4.78 is 26.1. The number of carbonyl (C=O) groups is 1. The summed E-state index contributed by atoms with van der Waals surface area (Å²) in [5, 5.41) is 9.21. The van der Waals surface area contributed by atoms with E-state index in [1.54, 1.807) is 19.2 Å². The number of carboxylic acids is 1. The summed E-state index contributed by atoms with van der Waals surface area (Å²) in [6.07, 6.45) is 8.60. The minimum atomic E-state index is -0.770. The number of hydrogen-bond donors (Lipinski definition) is 1. The molecule has 0 heterocycles. The van der Waals surface area contributed by atoms with Gasteiger partial charge in [0.25, 0.3) is 0 Å². The van der Waals surface area contributed by atoms with Crippen LogP contribution in [0.4, 0.5) is 4.39 Å². The third-order valence-electron chi connectivity index (χ3n) is 6.90. The standard InChI is InChI=1S/C30H29FO4/c1-34-24-11-13-29(31)28(16-24)26-12-5-20(14-22(26)6-4-19-2-3-19)18-35-25-10-9-21-7-8-23(15-30(32)33)27(21)17-25/h4-6,9-14,16-17,19,23H,2-3,7-8,15,18H2,1H3,(H,32,33)/b6-4+/t23-/m1/s1. The summed E-state index contributed by atoms with van der Waals surface area (Å²) in [6.45, 7) is 0.369. The van der Waals surface area contributed by atoms with Gasteiger partial charge in [0.1, 0.15) is 23.9 Å². The first-order valence-corrected chi connectivity index (χ1v) is 12.1. The number of methoxy groups -OCH3 is 1. The lowest BCUT2D eigenvalue weighted by molar-refractivity contribution is -0.137. The van der Waals surface area contributed by atoms with Crippen LogP contribution >= 0.6 is 0 Å². The van der Waals surface area contributed by atoms with Gasteiger partial charge in [0, 0.05) is 5.56 Å². The maximum atomic E-state index is 14.7. The van der Waals surface area contributed by atoms with Crippen molar-refractivity contribution < 1.29 is 23.8 Å². The highest BCUT2D eigenvalue weighted by molar-refractivity contribution is 5.77. The zero-order valence-corrected chi connectivity index (χ0v) is 19.8. The van der Waals surface area contributed by atoms with Crippen LogP contribution in [0.5, 0.6) is 11.5 Å². The molecule has 0 unspecified atom stereocenters. The maximum Gasteiger partial charge on any atom is 0.303 e. The molecular formula is C30H29FO4. The third kappa shape index (κ3) is 5.40. The molecule has 1 saturated carbocycles. The number of hydrogen-bond acceptors (Lipinski definition) is 3. The van der Waals surface area contributed by atoms with E-state index in [-0.39, 0.29) is 18.2 Å². The topological polar surface area (TPSA) is 55.8 Å². The minimum Gasteiger partial charge on any atom is -0.497 e. The molecule has 180 valence electrons. The number of allylic oxidation sites excluding steroid dienone is 1. The molecule has 2 aliphatic carbocycles. The van der Waals surface area contributed by atoms with Crippen LogP contribution < -0.4 is 9.47 Å². The van der Waals surface area contributed by atoms with E-state index in [1.807, 2.05) is 36.4 Å². The van der Waals surface area contributed by atoms with Gasteiger partial charge in [-0.3, -0.25) is 4.79 Å². The van der Waals surface area contributed by atoms with Crippen molar-refractivity contribution in [1.29, 1.82) is 0 Å². The molecule has 1 fully saturated rings. The highest BCUT2D eigenvalue weighted by Gasteiger charge is 2.25. The number of benzene rings is 3. The Hall–Kier alpha value is -3.60. The number of rotatable bonds is 9. The second kappa shape index (κ2) is 9.95. The van der Waals surface area contributed by atoms with Gasteiger partial charge >= 0.3 is 5.97 Å². The fraction of sp³-hybridized carbons (Fsp3) is 0.300. The van der Waals surface area contributed by atoms with Gasteiger partial charge in [0.2, 0.25) is 0 Å². The molecule has 0 spiro atoms. The monoisotopic (exact) mass is 472 g/mol. The Morgan fingerprint density at radius 1 is 1.03 bits per heavy atom. The van der Waals surface area contributed by atoms with Crippen LogP contribution in [-0.2, 0) is 17.8 Å². The molecule has 0 aliphatic heterocycles. The van der Waals surface area contributed by atoms with Crippen molar-refractivity contribution >= 4 is 12.0 Å². The molecule has 5 rings (SSSR count). The fourth-order valence-corrected chi connectivity index (χ4v) is 4.80. The Morgan fingerprint density at radius 2 is 1.86 bits per heavy atom. The van der Waals surface area contributed by atoms with Crippen LogP contribution in [0.2, 0.25) is 0 Å². The van der Waals surface area contributed by atoms with Gasteiger partial charge in [-0.05, 0) is 102 Å². The number of aryl methyl sites for hydroxylation is 1. The molecule has 3 aromatic rings. The van der Waals surface area contributed by atoms with Crippen molar-refractivity contribution in [2.24, 2.45) is 5.92 Å². The Labute approximate surface area is 205 Å². The van der Waals surface area contributed by atoms with Crippen molar-refractivity contribution in [3.05, 3.63) is 88.7 Å². The molecule has 35 heavy (non-hydrogen) atoms. The van der Waals surface area contributed by atoms with Crippen molar-refractivity contribution in [2.45, 2.75) is 44.6 Å². The average Bonchev–Trinajstić information content (AvgIpc) is 3.62. The maximum absolute atomic E-state index is 14.7. The van der Waals surface area contributed by atoms with Gasteiger partial charge in [-0.25, -0.2) is 4.39 Å². The molecule has 5 heteroatoms. The number of ether oxygens (including phenoxy) is 2. The fourth-order valence-electron chi connectivity index (χ4n) is 4.80. The zero-order chi connectivity index (χ0) is 24.4. The smallest absolute Gasteiger partial charge is 0.303 e. The molecule has 2 aliphatic rings. The first kappa shape index (κ1) is 23.2. The van der Waals surface area contributed by atoms with Crippen LogP contribution in [0.3, 0.4) is 0 Å². The number of halogens is 1. The van der Waals surface area contributed by atoms with E-state index < -0.39 is 5.97 Å². The summed E-state index contributed by atoms with van der Waals surface area (Å²) >= 11 is 0. The number of aliphatic carboxylic acids is 1. The van der Waals surface area contributed by atoms with E-state index in [4.69, 9.17) is 9.47 Å². The third-order valence-corrected chi connectivity index (χ3v) is 6.90. The second-order valence-electron chi connectivity index (χ2n) is 9.45. The van der Waals surface area contributed by atoms with Gasteiger partial charge in [0.15, 0.2) is 0 Å². The molecule has 0 radical (unpaired) electrons. The van der Waals surface area contributed by atoms with Crippen LogP contribution in [0.25, 0.3) is 17.2 Å². The molecule has 0 amide bonds. The first-order chi connectivity index (χ1) is 17.0. The predicted molar refractivity (Wildman–Crippen MR) is 134 cm³/mol. The minimum absolute atomic E-state index is 0.0438. The Bertz CT molecular complexity index is 1280. The van der Waals surface area contributed by atoms with Crippen LogP contribution in [0.1, 0.15) is 53.9 Å². The number of carboxylic acid groups (broad SMARTS) is 1. The van der Waals surface area contributed by atoms with E-state index in [0.717, 1.165) is 40.8 Å². The Morgan fingerprint density at radius 3 is 2.63 bits per heavy atom. The van der Waals surface area contributed by atoms with Crippen LogP contribution in [-0.4, -0.2) is 18.2 Å². The van der Waals surface area contributed by atoms with Crippen molar-refractivity contribution in [3.63, 3.8) is 0 Å². The average molecular weight is 473 g/mol. The lowest BCUT2D eigenvalue weighted by atomic mass is 9.96. The van der Waals surface area contributed by atoms with E-state index >= 15 is 0 Å². The quantitative estimate of drug-likeness (QED) is 0.364. The van der Waals surface area contributed by atoms with Gasteiger partial charge in [-0.1, -0.05) is 30.4 Å². The van der Waals surface area contributed by atoms with Crippen LogP contribution in [0, 0.1) is 11.7 Å². The summed E-state index contributed by atoms with van der Waals surface area (Å²) in [5.74, 6) is 0.937. The summed E-state index contributed by atoms with van der Waals surface area (Å²) in [6, 6.07) is 16.7. The SMILES string of the molecule is COc1ccc(F)c(-c2ccc(COc3ccc4c(c3)[C@@H](CC(=O)O)CC4)cc2/C=C/C2CC2)c1. The van der Waals surface area contributed by atoms with Gasteiger partial charge in [-0.2, -0.15) is 0 Å². The highest BCUT2D eigenvalue weighted by atomic mass is 19.1. The molecule has 1 atom stereocenters. The molecular weight excluding hydrogens is 443 g/mol. The summed E-state index contributed by atoms with van der Waals surface area (Å²) in [7, 11) is 1.58. The lowest BCUT2D eigenvalue weighted by Crippen LogP contribution is -2.03. The molecule has 0 aromatic heterocycles. The van der Waals surface area contributed by atoms with Gasteiger partial charge in [-0.15, -0.1) is 0 Å². The van der Waals surface area contributed by atoms with Crippen molar-refractivity contribution in [1.82, 2.24) is 0 Å². The van der Waals surface area contributed by atoms with E-state index in [2.05, 4.69) is 12.2 Å².